The number of aromatic nitrogens is 1. The fraction of sp³-hybridized carbons (Fsp3) is 0.709. The summed E-state index contributed by atoms with van der Waals surface area (Å²) in [5, 5.41) is 27.8. The highest BCUT2D eigenvalue weighted by atomic mass is 16.7. The molecule has 0 aromatic carbocycles. The first-order chi connectivity index (χ1) is 40.2. The van der Waals surface area contributed by atoms with Gasteiger partial charge in [-0.15, -0.1) is 5.06 Å². The topological polar surface area (TPSA) is 381 Å². The van der Waals surface area contributed by atoms with Gasteiger partial charge in [-0.3, -0.25) is 48.6 Å². The number of pyridine rings is 1. The molecule has 1 aliphatic heterocycles. The van der Waals surface area contributed by atoms with Crippen molar-refractivity contribution in [1.82, 2.24) is 47.3 Å². The van der Waals surface area contributed by atoms with E-state index in [1.54, 1.807) is 12.1 Å². The van der Waals surface area contributed by atoms with Gasteiger partial charge in [-0.1, -0.05) is 24.4 Å². The summed E-state index contributed by atoms with van der Waals surface area (Å²) in [5.74, 6) is -2.92. The molecule has 0 saturated carbocycles. The number of ether oxygens (including phenoxy) is 3. The lowest BCUT2D eigenvalue weighted by Gasteiger charge is -2.19. The molecule has 2 heterocycles. The van der Waals surface area contributed by atoms with E-state index < -0.39 is 29.7 Å². The number of nitrogens with zero attached hydrogens (tertiary/aromatic N) is 6. The molecule has 1 saturated heterocycles. The van der Waals surface area contributed by atoms with Crippen LogP contribution in [0.3, 0.4) is 0 Å². The summed E-state index contributed by atoms with van der Waals surface area (Å²) < 4.78 is 16.7. The number of hydrogen-bond acceptors (Lipinski definition) is 18. The van der Waals surface area contributed by atoms with E-state index in [1.165, 1.54) is 6.20 Å². The van der Waals surface area contributed by atoms with Crippen molar-refractivity contribution in [1.29, 1.82) is 0 Å². The monoisotopic (exact) mass is 1170 g/mol. The van der Waals surface area contributed by atoms with Crippen LogP contribution in [0, 0.1) is 0 Å². The third kappa shape index (κ3) is 38.9. The Hall–Kier alpha value is -7.29. The maximum atomic E-state index is 13.3. The molecule has 0 aliphatic carbocycles. The molecular formula is C55H90N14O14. The lowest BCUT2D eigenvalue weighted by molar-refractivity contribution is -0.197. The minimum atomic E-state index is -0.881. The number of nitrogens with one attached hydrogen (secondary N) is 8. The highest BCUT2D eigenvalue weighted by Crippen LogP contribution is 2.14. The molecule has 1 fully saturated rings. The van der Waals surface area contributed by atoms with Crippen molar-refractivity contribution in [3.63, 3.8) is 0 Å². The number of amides is 9. The third-order valence-corrected chi connectivity index (χ3v) is 12.3. The molecule has 2 rings (SSSR count). The number of hydrazone groups is 1. The molecule has 9 amide bonds. The average Bonchev–Trinajstić information content (AvgIpc) is 3.80. The Balaban J connectivity index is 1.61. The van der Waals surface area contributed by atoms with Crippen LogP contribution in [0.4, 0.5) is 5.82 Å². The normalized spacial score (nSPS) is 12.1. The van der Waals surface area contributed by atoms with Gasteiger partial charge in [-0.25, -0.2) is 9.78 Å². The van der Waals surface area contributed by atoms with Crippen LogP contribution in [-0.2, 0) is 62.2 Å². The molecule has 0 unspecified atom stereocenters. The largest absolute Gasteiger partial charge is 0.379 e. The maximum Gasteiger partial charge on any atom is 0.333 e. The molecule has 83 heavy (non-hydrogen) atoms. The number of rotatable bonds is 50. The summed E-state index contributed by atoms with van der Waals surface area (Å²) in [6.45, 7) is 8.72. The number of anilines is 1. The first kappa shape index (κ1) is 71.8. The first-order valence-electron chi connectivity index (χ1n) is 29.1. The summed E-state index contributed by atoms with van der Waals surface area (Å²) in [4.78, 5) is 135. The zero-order chi connectivity index (χ0) is 60.6. The van der Waals surface area contributed by atoms with Gasteiger partial charge in [0.15, 0.2) is 0 Å². The quantitative estimate of drug-likeness (QED) is 0.00874. The van der Waals surface area contributed by atoms with E-state index in [9.17, 15) is 47.9 Å². The lowest BCUT2D eigenvalue weighted by atomic mass is 10.1. The zero-order valence-corrected chi connectivity index (χ0v) is 48.7. The molecule has 28 nitrogen and oxygen atoms in total. The number of unbranched alkanes of at least 4 members (excludes halogenated alkanes) is 7. The van der Waals surface area contributed by atoms with E-state index in [2.05, 4.69) is 62.8 Å². The van der Waals surface area contributed by atoms with E-state index in [-0.39, 0.29) is 80.6 Å². The van der Waals surface area contributed by atoms with Crippen LogP contribution in [0.2, 0.25) is 0 Å². The van der Waals surface area contributed by atoms with Gasteiger partial charge in [-0.05, 0) is 109 Å². The fourth-order valence-electron chi connectivity index (χ4n) is 7.70. The smallest absolute Gasteiger partial charge is 0.333 e. The molecule has 28 heteroatoms. The van der Waals surface area contributed by atoms with Crippen molar-refractivity contribution in [3.05, 3.63) is 34.3 Å². The van der Waals surface area contributed by atoms with Crippen LogP contribution in [-0.4, -0.2) is 166 Å². The molecule has 8 N–H and O–H groups in total. The van der Waals surface area contributed by atoms with Gasteiger partial charge >= 0.3 is 5.97 Å². The Morgan fingerprint density at radius 1 is 0.566 bits per heavy atom. The Morgan fingerprint density at radius 2 is 1.05 bits per heavy atom. The summed E-state index contributed by atoms with van der Waals surface area (Å²) >= 11 is 0. The molecular weight excluding hydrogens is 1080 g/mol. The van der Waals surface area contributed by atoms with Crippen LogP contribution >= 0.6 is 0 Å². The highest BCUT2D eigenvalue weighted by Gasteiger charge is 2.32. The number of imide groups is 1. The number of carbonyl (C=O) groups excluding carboxylic acids is 10. The van der Waals surface area contributed by atoms with Crippen molar-refractivity contribution in [2.45, 2.75) is 168 Å². The average molecular weight is 1170 g/mol. The summed E-state index contributed by atoms with van der Waals surface area (Å²) in [6, 6.07) is 2.48. The van der Waals surface area contributed by atoms with Crippen molar-refractivity contribution in [3.8, 4) is 0 Å². The second-order valence-corrected chi connectivity index (χ2v) is 19.7. The van der Waals surface area contributed by atoms with Gasteiger partial charge in [0, 0.05) is 127 Å². The second kappa shape index (κ2) is 47.2. The minimum absolute atomic E-state index is 0.000367. The van der Waals surface area contributed by atoms with Crippen molar-refractivity contribution < 1.29 is 67.0 Å². The predicted molar refractivity (Wildman–Crippen MR) is 307 cm³/mol. The highest BCUT2D eigenvalue weighted by molar-refractivity contribution is 6.01. The van der Waals surface area contributed by atoms with Crippen LogP contribution in [0.5, 0.6) is 0 Å². The van der Waals surface area contributed by atoms with Gasteiger partial charge in [0.1, 0.15) is 11.9 Å². The van der Waals surface area contributed by atoms with Crippen molar-refractivity contribution in [2.24, 2.45) is 10.2 Å². The number of hydrogen-bond donors (Lipinski definition) is 8. The zero-order valence-electron chi connectivity index (χ0n) is 48.7. The molecule has 1 aliphatic rings. The van der Waals surface area contributed by atoms with Crippen LogP contribution in [0.1, 0.15) is 172 Å². The molecule has 1 aromatic rings. The molecule has 1 aromatic heterocycles. The minimum Gasteiger partial charge on any atom is -0.379 e. The van der Waals surface area contributed by atoms with E-state index in [0.717, 1.165) is 31.4 Å². The Labute approximate surface area is 486 Å². The van der Waals surface area contributed by atoms with Crippen LogP contribution < -0.4 is 42.6 Å². The number of carbonyl (C=O) groups is 10. The maximum absolute atomic E-state index is 13.3. The Morgan fingerprint density at radius 3 is 1.59 bits per heavy atom. The Bertz CT molecular complexity index is 2190. The van der Waals surface area contributed by atoms with E-state index in [1.807, 2.05) is 13.8 Å². The van der Waals surface area contributed by atoms with E-state index in [4.69, 9.17) is 24.6 Å². The SMILES string of the molecule is CC(C)=NNc1ccc(C(=O)NCCCCCC(=O)NCCCCCC(=O)NCCCC[C@H](NC(=O)CCC(=O)NCCCCCC(=O)ON2C(=O)CCC2=O)C(=O)NCCCOCCOCCOCCCNC(=O)CCCN=[N+]=[N-])cn1. The lowest BCUT2D eigenvalue weighted by Crippen LogP contribution is -2.47. The molecule has 0 spiro atoms. The predicted octanol–water partition coefficient (Wildman–Crippen LogP) is 3.84. The number of hydroxylamine groups is 2. The van der Waals surface area contributed by atoms with Gasteiger partial charge < -0.3 is 56.3 Å². The first-order valence-corrected chi connectivity index (χ1v) is 29.1. The fourth-order valence-corrected chi connectivity index (χ4v) is 7.70. The second-order valence-electron chi connectivity index (χ2n) is 19.7. The Kier molecular flexibility index (Phi) is 40.9. The van der Waals surface area contributed by atoms with Crippen molar-refractivity contribution in [2.75, 3.05) is 90.9 Å². The van der Waals surface area contributed by atoms with E-state index >= 15 is 0 Å². The molecule has 464 valence electrons. The standard InChI is InChI=1S/C55H90N14O14/c1-42(2)66-67-45-23-22-43(41-63-45)54(78)61-31-12-4-7-19-46(70)57-28-10-3-6-18-47(71)58-30-13-9-17-44(65-50(74)25-24-49(73)59-29-11-5-8-21-53(77)83-69-51(75)26-27-52(69)76)55(79)62-33-16-36-81-38-40-82-39-37-80-35-15-32-60-48(72)20-14-34-64-68-56/h22-23,41,44H,3-21,24-40H2,1-2H3,(H,57,70)(H,58,71)(H,59,73)(H,60,72)(H,61,78)(H,62,79)(H,63,67)(H,65,74)/t44-/m0/s1. The molecule has 0 bridgehead atoms. The van der Waals surface area contributed by atoms with Crippen LogP contribution in [0.15, 0.2) is 28.5 Å². The van der Waals surface area contributed by atoms with Gasteiger partial charge in [-0.2, -0.15) is 5.10 Å². The van der Waals surface area contributed by atoms with Gasteiger partial charge in [0.25, 0.3) is 17.7 Å². The van der Waals surface area contributed by atoms with Gasteiger partial charge in [0.2, 0.25) is 35.4 Å². The molecule has 1 atom stereocenters. The third-order valence-electron chi connectivity index (χ3n) is 12.3. The van der Waals surface area contributed by atoms with E-state index in [0.29, 0.717) is 179 Å². The summed E-state index contributed by atoms with van der Waals surface area (Å²) in [5.41, 5.74) is 12.4. The van der Waals surface area contributed by atoms with Crippen molar-refractivity contribution >= 4 is 70.7 Å². The van der Waals surface area contributed by atoms with Gasteiger partial charge in [0.05, 0.1) is 32.0 Å². The number of azide groups is 1. The summed E-state index contributed by atoms with van der Waals surface area (Å²) in [6.07, 6.45) is 11.2. The summed E-state index contributed by atoms with van der Waals surface area (Å²) in [7, 11) is 0. The van der Waals surface area contributed by atoms with Crippen LogP contribution in [0.25, 0.3) is 10.4 Å². The molecule has 0 radical (unpaired) electrons.